The predicted molar refractivity (Wildman–Crippen MR) is 107 cm³/mol. The van der Waals surface area contributed by atoms with E-state index in [1.165, 1.54) is 12.8 Å². The van der Waals surface area contributed by atoms with Gasteiger partial charge in [0, 0.05) is 13.1 Å². The molecule has 3 aliphatic rings. The van der Waals surface area contributed by atoms with Crippen LogP contribution in [0.25, 0.3) is 0 Å². The van der Waals surface area contributed by atoms with Gasteiger partial charge in [-0.05, 0) is 50.7 Å². The van der Waals surface area contributed by atoms with Crippen molar-refractivity contribution >= 4 is 29.2 Å². The third-order valence-corrected chi connectivity index (χ3v) is 6.12. The number of hydrogen-bond donors (Lipinski definition) is 2. The molecule has 4 amide bonds. The van der Waals surface area contributed by atoms with Gasteiger partial charge in [0.2, 0.25) is 5.91 Å². The standard InChI is InChI=1S/C21H28N4O3/c1-21(15-10-11-15)19(27)25(20(28)23-21)14-18(26)22-16-8-4-5-9-17(16)24-12-6-2-3-7-13-24/h4-5,8-9,15H,2-3,6-7,10-14H2,1H3,(H,22,26)(H,23,28). The number of nitrogens with one attached hydrogen (secondary N) is 2. The van der Waals surface area contributed by atoms with Gasteiger partial charge in [0.25, 0.3) is 5.91 Å². The molecule has 1 aromatic carbocycles. The number of urea groups is 1. The number of anilines is 2. The second-order valence-corrected chi connectivity index (χ2v) is 8.26. The van der Waals surface area contributed by atoms with Crippen LogP contribution in [0.2, 0.25) is 0 Å². The SMILES string of the molecule is CC1(C2CC2)NC(=O)N(CC(=O)Nc2ccccc2N2CCCCCC2)C1=O. The molecular formula is C21H28N4O3. The molecule has 2 saturated heterocycles. The Morgan fingerprint density at radius 3 is 2.50 bits per heavy atom. The van der Waals surface area contributed by atoms with Gasteiger partial charge in [-0.2, -0.15) is 0 Å². The second-order valence-electron chi connectivity index (χ2n) is 8.26. The molecule has 0 spiro atoms. The maximum atomic E-state index is 12.7. The van der Waals surface area contributed by atoms with Crippen LogP contribution in [-0.4, -0.2) is 47.9 Å². The first-order valence-electron chi connectivity index (χ1n) is 10.3. The quantitative estimate of drug-likeness (QED) is 0.765. The van der Waals surface area contributed by atoms with Crippen molar-refractivity contribution < 1.29 is 14.4 Å². The molecule has 0 radical (unpaired) electrons. The highest BCUT2D eigenvalue weighted by atomic mass is 16.2. The number of benzene rings is 1. The van der Waals surface area contributed by atoms with Crippen LogP contribution in [0.3, 0.4) is 0 Å². The number of para-hydroxylation sites is 2. The fourth-order valence-electron chi connectivity index (χ4n) is 4.30. The normalized spacial score (nSPS) is 25.5. The van der Waals surface area contributed by atoms with E-state index >= 15 is 0 Å². The monoisotopic (exact) mass is 384 g/mol. The highest BCUT2D eigenvalue weighted by molar-refractivity contribution is 6.10. The molecule has 0 bridgehead atoms. The first-order valence-corrected chi connectivity index (χ1v) is 10.3. The van der Waals surface area contributed by atoms with Crippen molar-refractivity contribution in [1.29, 1.82) is 0 Å². The summed E-state index contributed by atoms with van der Waals surface area (Å²) in [5.41, 5.74) is 0.866. The Kier molecular flexibility index (Phi) is 5.00. The lowest BCUT2D eigenvalue weighted by atomic mass is 9.96. The molecule has 1 aromatic rings. The molecule has 150 valence electrons. The number of carbonyl (C=O) groups excluding carboxylic acids is 3. The Balaban J connectivity index is 1.44. The van der Waals surface area contributed by atoms with Gasteiger partial charge in [-0.15, -0.1) is 0 Å². The van der Waals surface area contributed by atoms with E-state index < -0.39 is 11.6 Å². The van der Waals surface area contributed by atoms with Crippen LogP contribution in [-0.2, 0) is 9.59 Å². The zero-order valence-corrected chi connectivity index (χ0v) is 16.4. The molecule has 1 atom stereocenters. The van der Waals surface area contributed by atoms with E-state index in [0.717, 1.165) is 55.0 Å². The molecule has 28 heavy (non-hydrogen) atoms. The van der Waals surface area contributed by atoms with Crippen molar-refractivity contribution in [3.05, 3.63) is 24.3 Å². The van der Waals surface area contributed by atoms with Gasteiger partial charge in [-0.3, -0.25) is 14.5 Å². The number of amides is 4. The number of carbonyl (C=O) groups is 3. The average Bonchev–Trinajstić information content (AvgIpc) is 3.51. The molecule has 1 saturated carbocycles. The smallest absolute Gasteiger partial charge is 0.325 e. The predicted octanol–water partition coefficient (Wildman–Crippen LogP) is 2.73. The van der Waals surface area contributed by atoms with Gasteiger partial charge in [0.05, 0.1) is 11.4 Å². The van der Waals surface area contributed by atoms with Crippen LogP contribution in [0.15, 0.2) is 24.3 Å². The minimum Gasteiger partial charge on any atom is -0.370 e. The topological polar surface area (TPSA) is 81.8 Å². The molecule has 2 N–H and O–H groups in total. The van der Waals surface area contributed by atoms with Crippen molar-refractivity contribution in [2.24, 2.45) is 5.92 Å². The van der Waals surface area contributed by atoms with E-state index in [-0.39, 0.29) is 24.3 Å². The Hall–Kier alpha value is -2.57. The zero-order chi connectivity index (χ0) is 19.7. The largest absolute Gasteiger partial charge is 0.370 e. The minimum atomic E-state index is -0.860. The molecule has 2 heterocycles. The van der Waals surface area contributed by atoms with Crippen LogP contribution >= 0.6 is 0 Å². The first kappa shape index (κ1) is 18.8. The third-order valence-electron chi connectivity index (χ3n) is 6.12. The Bertz CT molecular complexity index is 784. The molecule has 1 aliphatic carbocycles. The van der Waals surface area contributed by atoms with E-state index in [1.807, 2.05) is 24.3 Å². The summed E-state index contributed by atoms with van der Waals surface area (Å²) >= 11 is 0. The number of nitrogens with zero attached hydrogens (tertiary/aromatic N) is 2. The van der Waals surface area contributed by atoms with Crippen LogP contribution in [0.1, 0.15) is 45.4 Å². The van der Waals surface area contributed by atoms with Crippen LogP contribution in [0.4, 0.5) is 16.2 Å². The summed E-state index contributed by atoms with van der Waals surface area (Å²) in [6.07, 6.45) is 6.63. The number of imide groups is 1. The summed E-state index contributed by atoms with van der Waals surface area (Å²) in [6.45, 7) is 3.44. The average molecular weight is 384 g/mol. The molecule has 3 fully saturated rings. The van der Waals surface area contributed by atoms with Crippen molar-refractivity contribution in [1.82, 2.24) is 10.2 Å². The van der Waals surface area contributed by atoms with Gasteiger partial charge in [0.15, 0.2) is 0 Å². The lowest BCUT2D eigenvalue weighted by Gasteiger charge is -2.25. The molecule has 7 nitrogen and oxygen atoms in total. The molecule has 0 aromatic heterocycles. The van der Waals surface area contributed by atoms with Gasteiger partial charge >= 0.3 is 6.03 Å². The van der Waals surface area contributed by atoms with Crippen molar-refractivity contribution in [3.63, 3.8) is 0 Å². The second kappa shape index (κ2) is 7.45. The lowest BCUT2D eigenvalue weighted by Crippen LogP contribution is -2.46. The Morgan fingerprint density at radius 2 is 1.82 bits per heavy atom. The van der Waals surface area contributed by atoms with Gasteiger partial charge < -0.3 is 15.5 Å². The lowest BCUT2D eigenvalue weighted by molar-refractivity contribution is -0.134. The number of rotatable bonds is 5. The fourth-order valence-corrected chi connectivity index (χ4v) is 4.30. The van der Waals surface area contributed by atoms with E-state index in [1.54, 1.807) is 6.92 Å². The van der Waals surface area contributed by atoms with Gasteiger partial charge in [-0.1, -0.05) is 25.0 Å². The summed E-state index contributed by atoms with van der Waals surface area (Å²) in [4.78, 5) is 41.0. The van der Waals surface area contributed by atoms with E-state index in [0.29, 0.717) is 0 Å². The van der Waals surface area contributed by atoms with Crippen molar-refractivity contribution in [2.75, 3.05) is 29.9 Å². The minimum absolute atomic E-state index is 0.181. The third kappa shape index (κ3) is 3.57. The summed E-state index contributed by atoms with van der Waals surface area (Å²) in [5.74, 6) is -0.470. The van der Waals surface area contributed by atoms with Crippen LogP contribution in [0, 0.1) is 5.92 Å². The van der Waals surface area contributed by atoms with Crippen molar-refractivity contribution in [2.45, 2.75) is 51.0 Å². The summed E-state index contributed by atoms with van der Waals surface area (Å²) in [6, 6.07) is 7.26. The van der Waals surface area contributed by atoms with Gasteiger partial charge in [0.1, 0.15) is 12.1 Å². The molecule has 2 aliphatic heterocycles. The molecule has 1 unspecified atom stereocenters. The molecule has 7 heteroatoms. The van der Waals surface area contributed by atoms with E-state index in [9.17, 15) is 14.4 Å². The van der Waals surface area contributed by atoms with E-state index in [2.05, 4.69) is 15.5 Å². The summed E-state index contributed by atoms with van der Waals surface area (Å²) in [5, 5.41) is 5.69. The highest BCUT2D eigenvalue weighted by Gasteiger charge is 2.56. The highest BCUT2D eigenvalue weighted by Crippen LogP contribution is 2.42. The maximum Gasteiger partial charge on any atom is 0.325 e. The summed E-state index contributed by atoms with van der Waals surface area (Å²) < 4.78 is 0. The zero-order valence-electron chi connectivity index (χ0n) is 16.4. The molecular weight excluding hydrogens is 356 g/mol. The Labute approximate surface area is 165 Å². The Morgan fingerprint density at radius 1 is 1.14 bits per heavy atom. The van der Waals surface area contributed by atoms with Crippen LogP contribution in [0.5, 0.6) is 0 Å². The van der Waals surface area contributed by atoms with E-state index in [4.69, 9.17) is 0 Å². The maximum absolute atomic E-state index is 12.7. The summed E-state index contributed by atoms with van der Waals surface area (Å²) in [7, 11) is 0. The van der Waals surface area contributed by atoms with Crippen LogP contribution < -0.4 is 15.5 Å². The molecule has 4 rings (SSSR count). The first-order chi connectivity index (χ1) is 13.5. The number of hydrogen-bond acceptors (Lipinski definition) is 4. The van der Waals surface area contributed by atoms with Gasteiger partial charge in [-0.25, -0.2) is 4.79 Å². The van der Waals surface area contributed by atoms with Crippen molar-refractivity contribution in [3.8, 4) is 0 Å². The fraction of sp³-hybridized carbons (Fsp3) is 0.571.